The van der Waals surface area contributed by atoms with Gasteiger partial charge in [0.05, 0.1) is 0 Å². The average molecular weight is 297 g/mol. The third-order valence-electron chi connectivity index (χ3n) is 4.54. The largest absolute Gasteiger partial charge is 0.299 e. The lowest BCUT2D eigenvalue weighted by atomic mass is 9.75. The number of ketones is 1. The molecule has 20 heavy (non-hydrogen) atoms. The number of hydrogen-bond donors (Lipinski definition) is 0. The van der Waals surface area contributed by atoms with E-state index in [2.05, 4.69) is 13.8 Å². The highest BCUT2D eigenvalue weighted by atomic mass is 35.5. The molecule has 0 saturated heterocycles. The van der Waals surface area contributed by atoms with Crippen molar-refractivity contribution < 1.29 is 9.18 Å². The highest BCUT2D eigenvalue weighted by Gasteiger charge is 2.27. The number of Topliss-reactive ketones (excluding diaryl/α,β-unsaturated/α-hetero) is 1. The maximum atomic E-state index is 13.7. The van der Waals surface area contributed by atoms with Crippen LogP contribution in [0.2, 0.25) is 5.02 Å². The van der Waals surface area contributed by atoms with Crippen molar-refractivity contribution in [2.24, 2.45) is 17.8 Å². The summed E-state index contributed by atoms with van der Waals surface area (Å²) in [4.78, 5) is 12.3. The fourth-order valence-corrected chi connectivity index (χ4v) is 3.31. The van der Waals surface area contributed by atoms with Crippen LogP contribution >= 0.6 is 11.6 Å². The van der Waals surface area contributed by atoms with Crippen molar-refractivity contribution in [3.05, 3.63) is 34.6 Å². The summed E-state index contributed by atoms with van der Waals surface area (Å²) in [6.45, 7) is 4.49. The van der Waals surface area contributed by atoms with Gasteiger partial charge in [0.15, 0.2) is 0 Å². The Morgan fingerprint density at radius 1 is 1.30 bits per heavy atom. The minimum Gasteiger partial charge on any atom is -0.299 e. The van der Waals surface area contributed by atoms with Gasteiger partial charge in [-0.25, -0.2) is 4.39 Å². The average Bonchev–Trinajstić information content (AvgIpc) is 2.43. The van der Waals surface area contributed by atoms with Crippen LogP contribution in [-0.2, 0) is 11.2 Å². The highest BCUT2D eigenvalue weighted by Crippen LogP contribution is 2.34. The van der Waals surface area contributed by atoms with E-state index >= 15 is 0 Å². The third kappa shape index (κ3) is 3.82. The molecule has 3 heteroatoms. The van der Waals surface area contributed by atoms with Gasteiger partial charge in [-0.05, 0) is 61.3 Å². The zero-order valence-corrected chi connectivity index (χ0v) is 12.9. The summed E-state index contributed by atoms with van der Waals surface area (Å²) < 4.78 is 13.7. The third-order valence-corrected chi connectivity index (χ3v) is 4.78. The van der Waals surface area contributed by atoms with E-state index in [1.165, 1.54) is 12.1 Å². The summed E-state index contributed by atoms with van der Waals surface area (Å²) in [5.74, 6) is 1.36. The molecule has 0 unspecified atom stereocenters. The standard InChI is InChI=1S/C17H22ClFO/c1-11(2)12-3-5-13(6-4-12)17(20)10-14-9-15(18)7-8-16(14)19/h7-9,11-13H,3-6,10H2,1-2H3. The molecule has 0 amide bonds. The normalized spacial score (nSPS) is 23.1. The van der Waals surface area contributed by atoms with Gasteiger partial charge >= 0.3 is 0 Å². The zero-order valence-electron chi connectivity index (χ0n) is 12.2. The molecule has 1 aliphatic rings. The molecule has 0 bridgehead atoms. The monoisotopic (exact) mass is 296 g/mol. The molecule has 0 spiro atoms. The molecular weight excluding hydrogens is 275 g/mol. The molecule has 2 rings (SSSR count). The number of rotatable bonds is 4. The van der Waals surface area contributed by atoms with Crippen molar-refractivity contribution in [3.63, 3.8) is 0 Å². The van der Waals surface area contributed by atoms with Gasteiger partial charge in [0.2, 0.25) is 0 Å². The fraction of sp³-hybridized carbons (Fsp3) is 0.588. The van der Waals surface area contributed by atoms with Gasteiger partial charge in [0, 0.05) is 17.4 Å². The Bertz CT molecular complexity index is 476. The lowest BCUT2D eigenvalue weighted by Gasteiger charge is -2.30. The van der Waals surface area contributed by atoms with Crippen LogP contribution in [0.25, 0.3) is 0 Å². The van der Waals surface area contributed by atoms with E-state index in [1.54, 1.807) is 6.07 Å². The van der Waals surface area contributed by atoms with Crippen LogP contribution in [-0.4, -0.2) is 5.78 Å². The molecule has 1 aromatic rings. The summed E-state index contributed by atoms with van der Waals surface area (Å²) in [7, 11) is 0. The van der Waals surface area contributed by atoms with Crippen molar-refractivity contribution in [1.29, 1.82) is 0 Å². The Labute approximate surface area is 125 Å². The van der Waals surface area contributed by atoms with Gasteiger partial charge < -0.3 is 0 Å². The van der Waals surface area contributed by atoms with Crippen molar-refractivity contribution >= 4 is 17.4 Å². The number of halogens is 2. The van der Waals surface area contributed by atoms with Gasteiger partial charge in [-0.3, -0.25) is 4.79 Å². The maximum Gasteiger partial charge on any atom is 0.140 e. The van der Waals surface area contributed by atoms with Crippen LogP contribution in [0.5, 0.6) is 0 Å². The Morgan fingerprint density at radius 2 is 1.95 bits per heavy atom. The molecule has 0 radical (unpaired) electrons. The minimum absolute atomic E-state index is 0.100. The topological polar surface area (TPSA) is 17.1 Å². The first-order valence-electron chi connectivity index (χ1n) is 7.44. The molecule has 0 aliphatic heterocycles. The summed E-state index contributed by atoms with van der Waals surface area (Å²) in [5.41, 5.74) is 0.425. The van der Waals surface area contributed by atoms with Gasteiger partial charge in [0.25, 0.3) is 0 Å². The molecule has 1 aliphatic carbocycles. The number of benzene rings is 1. The Balaban J connectivity index is 1.94. The first-order chi connectivity index (χ1) is 9.47. The van der Waals surface area contributed by atoms with Crippen LogP contribution in [0, 0.1) is 23.6 Å². The van der Waals surface area contributed by atoms with E-state index in [-0.39, 0.29) is 23.9 Å². The molecule has 110 valence electrons. The second-order valence-electron chi connectivity index (χ2n) is 6.23. The van der Waals surface area contributed by atoms with Crippen LogP contribution in [0.1, 0.15) is 45.1 Å². The SMILES string of the molecule is CC(C)C1CCC(C(=O)Cc2cc(Cl)ccc2F)CC1. The Kier molecular flexibility index (Phi) is 5.20. The molecule has 1 fully saturated rings. The van der Waals surface area contributed by atoms with Crippen LogP contribution in [0.15, 0.2) is 18.2 Å². The van der Waals surface area contributed by atoms with E-state index in [0.717, 1.165) is 31.6 Å². The van der Waals surface area contributed by atoms with Gasteiger partial charge in [-0.1, -0.05) is 25.4 Å². The van der Waals surface area contributed by atoms with Crippen molar-refractivity contribution in [2.75, 3.05) is 0 Å². The maximum absolute atomic E-state index is 13.7. The lowest BCUT2D eigenvalue weighted by molar-refractivity contribution is -0.123. The summed E-state index contributed by atoms with van der Waals surface area (Å²) >= 11 is 5.86. The quantitative estimate of drug-likeness (QED) is 0.759. The molecule has 0 atom stereocenters. The molecule has 1 saturated carbocycles. The predicted molar refractivity (Wildman–Crippen MR) is 80.4 cm³/mol. The van der Waals surface area contributed by atoms with E-state index in [1.807, 2.05) is 0 Å². The Hall–Kier alpha value is -0.890. The summed E-state index contributed by atoms with van der Waals surface area (Å²) in [5, 5.41) is 0.484. The molecule has 0 heterocycles. The number of carbonyl (C=O) groups is 1. The predicted octanol–water partition coefficient (Wildman–Crippen LogP) is 5.05. The minimum atomic E-state index is -0.335. The van der Waals surface area contributed by atoms with E-state index in [0.29, 0.717) is 16.5 Å². The molecule has 1 nitrogen and oxygen atoms in total. The van der Waals surface area contributed by atoms with E-state index < -0.39 is 0 Å². The molecule has 0 N–H and O–H groups in total. The van der Waals surface area contributed by atoms with Crippen molar-refractivity contribution in [2.45, 2.75) is 46.0 Å². The van der Waals surface area contributed by atoms with Crippen molar-refractivity contribution in [3.8, 4) is 0 Å². The fourth-order valence-electron chi connectivity index (χ4n) is 3.12. The van der Waals surface area contributed by atoms with Crippen molar-refractivity contribution in [1.82, 2.24) is 0 Å². The zero-order chi connectivity index (χ0) is 14.7. The highest BCUT2D eigenvalue weighted by molar-refractivity contribution is 6.30. The Morgan fingerprint density at radius 3 is 2.55 bits per heavy atom. The first kappa shape index (κ1) is 15.5. The number of hydrogen-bond acceptors (Lipinski definition) is 1. The second-order valence-corrected chi connectivity index (χ2v) is 6.67. The molecular formula is C17H22ClFO. The molecule has 0 aromatic heterocycles. The smallest absolute Gasteiger partial charge is 0.140 e. The van der Waals surface area contributed by atoms with Crippen LogP contribution in [0.4, 0.5) is 4.39 Å². The van der Waals surface area contributed by atoms with Gasteiger partial charge in [-0.2, -0.15) is 0 Å². The molecule has 1 aromatic carbocycles. The van der Waals surface area contributed by atoms with Gasteiger partial charge in [-0.15, -0.1) is 0 Å². The first-order valence-corrected chi connectivity index (χ1v) is 7.81. The second kappa shape index (κ2) is 6.71. The lowest BCUT2D eigenvalue weighted by Crippen LogP contribution is -2.25. The summed E-state index contributed by atoms with van der Waals surface area (Å²) in [6.07, 6.45) is 4.30. The van der Waals surface area contributed by atoms with Gasteiger partial charge in [0.1, 0.15) is 11.6 Å². The number of carbonyl (C=O) groups excluding carboxylic acids is 1. The van der Waals surface area contributed by atoms with Crippen LogP contribution in [0.3, 0.4) is 0 Å². The van der Waals surface area contributed by atoms with E-state index in [4.69, 9.17) is 11.6 Å². The van der Waals surface area contributed by atoms with E-state index in [9.17, 15) is 9.18 Å². The van der Waals surface area contributed by atoms with Crippen LogP contribution < -0.4 is 0 Å². The summed E-state index contributed by atoms with van der Waals surface area (Å²) in [6, 6.07) is 4.41.